The van der Waals surface area contributed by atoms with Crippen LogP contribution >= 0.6 is 0 Å². The Kier molecular flexibility index (Phi) is 8.91. The fraction of sp³-hybridized carbons (Fsp3) is 0.438. The summed E-state index contributed by atoms with van der Waals surface area (Å²) < 4.78 is 21.2. The summed E-state index contributed by atoms with van der Waals surface area (Å²) in [6, 6.07) is 17.0. The molecule has 4 heterocycles. The molecule has 0 N–H and O–H groups in total. The Hall–Kier alpha value is -4.02. The summed E-state index contributed by atoms with van der Waals surface area (Å²) in [4.78, 5) is 21.2. The lowest BCUT2D eigenvalue weighted by atomic mass is 10.0. The van der Waals surface area contributed by atoms with Gasteiger partial charge in [0.2, 0.25) is 11.7 Å². The van der Waals surface area contributed by atoms with E-state index >= 15 is 0 Å². The largest absolute Gasteiger partial charge is 0.491 e. The van der Waals surface area contributed by atoms with Gasteiger partial charge in [-0.1, -0.05) is 44.0 Å². The lowest BCUT2D eigenvalue weighted by molar-refractivity contribution is -0.189. The van der Waals surface area contributed by atoms with Crippen molar-refractivity contribution in [3.05, 3.63) is 91.0 Å². The van der Waals surface area contributed by atoms with Crippen molar-refractivity contribution in [2.75, 3.05) is 49.2 Å². The average Bonchev–Trinajstić information content (AvgIpc) is 3.72. The zero-order chi connectivity index (χ0) is 28.6. The molecule has 2 fully saturated rings. The highest BCUT2D eigenvalue weighted by atomic mass is 16.8. The van der Waals surface area contributed by atoms with E-state index in [-0.39, 0.29) is 6.10 Å². The van der Waals surface area contributed by atoms with Crippen LogP contribution in [0.1, 0.15) is 37.3 Å². The van der Waals surface area contributed by atoms with Crippen molar-refractivity contribution in [2.24, 2.45) is 0 Å². The summed E-state index contributed by atoms with van der Waals surface area (Å²) in [6.07, 6.45) is 13.2. The summed E-state index contributed by atoms with van der Waals surface area (Å²) in [6.45, 7) is 7.15. The van der Waals surface area contributed by atoms with Gasteiger partial charge >= 0.3 is 0 Å². The zero-order valence-electron chi connectivity index (χ0n) is 24.2. The molecule has 2 unspecified atom stereocenters. The minimum absolute atomic E-state index is 0.194. The number of ether oxygens (including phenoxy) is 3. The SMILES string of the molecule is CCCCCc1ccc(C2(Cn3ccnc3)OCC(COc3ccc(N4CCN(c5ncncn5)CC4)cc3)O2)cc1. The lowest BCUT2D eigenvalue weighted by Crippen LogP contribution is -2.47. The molecular weight excluding hydrogens is 530 g/mol. The Labute approximate surface area is 247 Å². The third kappa shape index (κ3) is 6.71. The van der Waals surface area contributed by atoms with Crippen molar-refractivity contribution >= 4 is 11.6 Å². The Bertz CT molecular complexity index is 1360. The van der Waals surface area contributed by atoms with Gasteiger partial charge < -0.3 is 28.6 Å². The van der Waals surface area contributed by atoms with Crippen LogP contribution in [0, 0.1) is 0 Å². The minimum Gasteiger partial charge on any atom is -0.491 e. The fourth-order valence-electron chi connectivity index (χ4n) is 5.60. The van der Waals surface area contributed by atoms with Crippen LogP contribution in [0.2, 0.25) is 0 Å². The van der Waals surface area contributed by atoms with Gasteiger partial charge in [0.15, 0.2) is 0 Å². The molecule has 0 bridgehead atoms. The number of hydrogen-bond acceptors (Lipinski definition) is 9. The highest BCUT2D eigenvalue weighted by Gasteiger charge is 2.44. The van der Waals surface area contributed by atoms with Crippen molar-refractivity contribution in [2.45, 2.75) is 51.0 Å². The number of benzene rings is 2. The quantitative estimate of drug-likeness (QED) is 0.229. The highest BCUT2D eigenvalue weighted by Crippen LogP contribution is 2.37. The summed E-state index contributed by atoms with van der Waals surface area (Å²) in [5, 5.41) is 0. The third-order valence-electron chi connectivity index (χ3n) is 7.95. The number of hydrogen-bond donors (Lipinski definition) is 0. The molecule has 2 aromatic heterocycles. The molecule has 220 valence electrons. The maximum atomic E-state index is 6.61. The molecule has 0 aliphatic carbocycles. The van der Waals surface area contributed by atoms with Gasteiger partial charge in [-0.05, 0) is 42.7 Å². The molecule has 4 aromatic rings. The van der Waals surface area contributed by atoms with Crippen LogP contribution in [0.3, 0.4) is 0 Å². The maximum absolute atomic E-state index is 6.61. The van der Waals surface area contributed by atoms with Crippen LogP contribution < -0.4 is 14.5 Å². The Morgan fingerprint density at radius 3 is 2.38 bits per heavy atom. The number of aryl methyl sites for hydroxylation is 1. The van der Waals surface area contributed by atoms with Crippen LogP contribution in [0.25, 0.3) is 0 Å². The van der Waals surface area contributed by atoms with Gasteiger partial charge in [0.25, 0.3) is 0 Å². The fourth-order valence-corrected chi connectivity index (χ4v) is 5.60. The van der Waals surface area contributed by atoms with Crippen molar-refractivity contribution in [1.29, 1.82) is 0 Å². The lowest BCUT2D eigenvalue weighted by Gasteiger charge is -2.36. The molecule has 2 aliphatic heterocycles. The monoisotopic (exact) mass is 569 g/mol. The molecule has 10 nitrogen and oxygen atoms in total. The second kappa shape index (κ2) is 13.3. The van der Waals surface area contributed by atoms with Gasteiger partial charge in [-0.25, -0.2) is 19.9 Å². The maximum Gasteiger partial charge on any atom is 0.228 e. The van der Waals surface area contributed by atoms with Crippen molar-refractivity contribution < 1.29 is 14.2 Å². The van der Waals surface area contributed by atoms with Crippen LogP contribution in [-0.2, 0) is 28.2 Å². The van der Waals surface area contributed by atoms with E-state index in [9.17, 15) is 0 Å². The van der Waals surface area contributed by atoms with E-state index in [1.807, 2.05) is 22.9 Å². The Morgan fingerprint density at radius 1 is 0.905 bits per heavy atom. The van der Waals surface area contributed by atoms with E-state index in [4.69, 9.17) is 14.2 Å². The van der Waals surface area contributed by atoms with Crippen LogP contribution in [0.4, 0.5) is 11.6 Å². The van der Waals surface area contributed by atoms with Gasteiger partial charge in [-0.3, -0.25) is 0 Å². The van der Waals surface area contributed by atoms with Gasteiger partial charge in [0.05, 0.1) is 19.5 Å². The van der Waals surface area contributed by atoms with Crippen molar-refractivity contribution in [3.8, 4) is 5.75 Å². The van der Waals surface area contributed by atoms with E-state index in [0.29, 0.717) is 19.8 Å². The van der Waals surface area contributed by atoms with Gasteiger partial charge in [0.1, 0.15) is 31.1 Å². The third-order valence-corrected chi connectivity index (χ3v) is 7.95. The average molecular weight is 570 g/mol. The number of rotatable bonds is 12. The summed E-state index contributed by atoms with van der Waals surface area (Å²) in [5.74, 6) is 0.666. The van der Waals surface area contributed by atoms with Crippen molar-refractivity contribution in [3.63, 3.8) is 0 Å². The smallest absolute Gasteiger partial charge is 0.228 e. The summed E-state index contributed by atoms with van der Waals surface area (Å²) in [7, 11) is 0. The van der Waals surface area contributed by atoms with Crippen molar-refractivity contribution in [1.82, 2.24) is 24.5 Å². The van der Waals surface area contributed by atoms with Gasteiger partial charge in [-0.15, -0.1) is 0 Å². The molecule has 42 heavy (non-hydrogen) atoms. The molecule has 0 spiro atoms. The standard InChI is InChI=1S/C32H39N7O3/c1-2-3-4-5-26-6-8-27(9-7-26)32(22-37-15-14-33-25-37)41-21-30(42-32)20-40-29-12-10-28(11-13-29)38-16-18-39(19-17-38)31-35-23-34-24-36-31/h6-15,23-25,30H,2-5,16-22H2,1H3. The minimum atomic E-state index is -0.885. The predicted molar refractivity (Wildman–Crippen MR) is 161 cm³/mol. The number of anilines is 2. The Morgan fingerprint density at radius 2 is 1.67 bits per heavy atom. The molecule has 2 atom stereocenters. The van der Waals surface area contributed by atoms with Gasteiger partial charge in [-0.2, -0.15) is 0 Å². The molecule has 2 aromatic carbocycles. The molecule has 0 radical (unpaired) electrons. The second-order valence-corrected chi connectivity index (χ2v) is 10.9. The first-order valence-corrected chi connectivity index (χ1v) is 14.9. The summed E-state index contributed by atoms with van der Waals surface area (Å²) >= 11 is 0. The number of piperazine rings is 1. The molecule has 2 saturated heterocycles. The van der Waals surface area contributed by atoms with E-state index in [1.54, 1.807) is 25.2 Å². The van der Waals surface area contributed by atoms with E-state index in [1.165, 1.54) is 30.5 Å². The molecule has 10 heteroatoms. The second-order valence-electron chi connectivity index (χ2n) is 10.9. The molecular formula is C32H39N7O3. The van der Waals surface area contributed by atoms with E-state index in [0.717, 1.165) is 49.9 Å². The van der Waals surface area contributed by atoms with Crippen LogP contribution in [0.15, 0.2) is 79.9 Å². The molecule has 0 amide bonds. The first kappa shape index (κ1) is 28.1. The van der Waals surface area contributed by atoms with Crippen LogP contribution in [-0.4, -0.2) is 70.0 Å². The zero-order valence-corrected chi connectivity index (χ0v) is 24.2. The highest BCUT2D eigenvalue weighted by molar-refractivity contribution is 5.50. The van der Waals surface area contributed by atoms with E-state index in [2.05, 4.69) is 73.1 Å². The molecule has 0 saturated carbocycles. The Balaban J connectivity index is 1.04. The number of aromatic nitrogens is 5. The number of nitrogens with zero attached hydrogens (tertiary/aromatic N) is 7. The number of unbranched alkanes of at least 4 members (excludes halogenated alkanes) is 2. The first-order chi connectivity index (χ1) is 20.7. The normalized spacial score (nSPS) is 20.6. The van der Waals surface area contributed by atoms with E-state index < -0.39 is 5.79 Å². The van der Waals surface area contributed by atoms with Crippen LogP contribution in [0.5, 0.6) is 5.75 Å². The molecule has 6 rings (SSSR count). The first-order valence-electron chi connectivity index (χ1n) is 14.9. The molecule has 2 aliphatic rings. The summed E-state index contributed by atoms with van der Waals surface area (Å²) in [5.41, 5.74) is 3.53. The predicted octanol–water partition coefficient (Wildman–Crippen LogP) is 4.47. The topological polar surface area (TPSA) is 90.7 Å². The number of imidazole rings is 1. The van der Waals surface area contributed by atoms with Gasteiger partial charge in [0, 0.05) is 49.8 Å².